The first-order valence-electron chi connectivity index (χ1n) is 8.93. The standard InChI is InChI=1S/C24H17N3/c1-2-8-19(9-3-1)27(23-12-4-7-18-17-25-16-14-20(18)23)24-13-5-11-22-21(24)10-6-15-26-22/h1-17H. The zero-order valence-electron chi connectivity index (χ0n) is 14.7. The largest absolute Gasteiger partial charge is 0.309 e. The van der Waals surface area contributed by atoms with Crippen LogP contribution in [0.15, 0.2) is 104 Å². The summed E-state index contributed by atoms with van der Waals surface area (Å²) in [4.78, 5) is 11.1. The topological polar surface area (TPSA) is 29.0 Å². The van der Waals surface area contributed by atoms with Crippen LogP contribution in [0.1, 0.15) is 0 Å². The lowest BCUT2D eigenvalue weighted by Gasteiger charge is -2.27. The third-order valence-electron chi connectivity index (χ3n) is 4.78. The van der Waals surface area contributed by atoms with Gasteiger partial charge in [0.25, 0.3) is 0 Å². The van der Waals surface area contributed by atoms with Gasteiger partial charge in [-0.25, -0.2) is 0 Å². The van der Waals surface area contributed by atoms with Crippen LogP contribution in [-0.2, 0) is 0 Å². The molecule has 3 nitrogen and oxygen atoms in total. The van der Waals surface area contributed by atoms with E-state index in [2.05, 4.69) is 87.7 Å². The molecule has 0 atom stereocenters. The number of hydrogen-bond donors (Lipinski definition) is 0. The Hall–Kier alpha value is -3.72. The summed E-state index contributed by atoms with van der Waals surface area (Å²) in [7, 11) is 0. The van der Waals surface area contributed by atoms with E-state index in [1.54, 1.807) is 0 Å². The Morgan fingerprint density at radius 3 is 2.30 bits per heavy atom. The molecule has 0 radical (unpaired) electrons. The van der Waals surface area contributed by atoms with Crippen molar-refractivity contribution in [3.8, 4) is 0 Å². The van der Waals surface area contributed by atoms with Crippen LogP contribution in [0.4, 0.5) is 17.1 Å². The molecule has 0 spiro atoms. The first-order valence-corrected chi connectivity index (χ1v) is 8.93. The minimum atomic E-state index is 0.984. The van der Waals surface area contributed by atoms with Crippen LogP contribution < -0.4 is 4.90 Å². The van der Waals surface area contributed by atoms with E-state index in [1.807, 2.05) is 30.7 Å². The van der Waals surface area contributed by atoms with Gasteiger partial charge < -0.3 is 4.90 Å². The molecular formula is C24H17N3. The summed E-state index contributed by atoms with van der Waals surface area (Å²) in [6.45, 7) is 0. The van der Waals surface area contributed by atoms with Gasteiger partial charge in [0.05, 0.1) is 16.9 Å². The number of pyridine rings is 2. The number of para-hydroxylation sites is 1. The summed E-state index contributed by atoms with van der Waals surface area (Å²) in [5.74, 6) is 0. The molecule has 5 rings (SSSR count). The molecule has 2 aromatic heterocycles. The van der Waals surface area contributed by atoms with Crippen molar-refractivity contribution in [2.24, 2.45) is 0 Å². The minimum absolute atomic E-state index is 0.984. The van der Waals surface area contributed by atoms with Crippen LogP contribution >= 0.6 is 0 Å². The molecule has 0 fully saturated rings. The van der Waals surface area contributed by atoms with Gasteiger partial charge in [-0.05, 0) is 48.5 Å². The molecule has 3 aromatic carbocycles. The van der Waals surface area contributed by atoms with E-state index in [1.165, 1.54) is 0 Å². The van der Waals surface area contributed by atoms with E-state index in [4.69, 9.17) is 0 Å². The Balaban J connectivity index is 1.85. The Morgan fingerprint density at radius 1 is 0.593 bits per heavy atom. The maximum absolute atomic E-state index is 4.54. The lowest BCUT2D eigenvalue weighted by atomic mass is 10.1. The first kappa shape index (κ1) is 15.5. The summed E-state index contributed by atoms with van der Waals surface area (Å²) < 4.78 is 0. The molecule has 0 unspecified atom stereocenters. The molecule has 128 valence electrons. The fourth-order valence-corrected chi connectivity index (χ4v) is 3.57. The second kappa shape index (κ2) is 6.54. The van der Waals surface area contributed by atoms with Crippen LogP contribution in [0.2, 0.25) is 0 Å². The van der Waals surface area contributed by atoms with Gasteiger partial charge in [0.1, 0.15) is 0 Å². The first-order chi connectivity index (χ1) is 13.4. The maximum atomic E-state index is 4.54. The van der Waals surface area contributed by atoms with Crippen LogP contribution in [0.3, 0.4) is 0 Å². The smallest absolute Gasteiger partial charge is 0.0723 e. The maximum Gasteiger partial charge on any atom is 0.0723 e. The van der Waals surface area contributed by atoms with Crippen molar-refractivity contribution in [3.63, 3.8) is 0 Å². The van der Waals surface area contributed by atoms with E-state index < -0.39 is 0 Å². The number of nitrogens with zero attached hydrogens (tertiary/aromatic N) is 3. The van der Waals surface area contributed by atoms with Gasteiger partial charge >= 0.3 is 0 Å². The zero-order valence-corrected chi connectivity index (χ0v) is 14.7. The second-order valence-electron chi connectivity index (χ2n) is 6.39. The SMILES string of the molecule is c1ccc(N(c2cccc3cnccc23)c2cccc3ncccc23)cc1. The molecule has 27 heavy (non-hydrogen) atoms. The average molecular weight is 347 g/mol. The van der Waals surface area contributed by atoms with Gasteiger partial charge in [-0.15, -0.1) is 0 Å². The Labute approximate surface area is 157 Å². The predicted octanol–water partition coefficient (Wildman–Crippen LogP) is 6.25. The number of anilines is 3. The number of rotatable bonds is 3. The van der Waals surface area contributed by atoms with Crippen molar-refractivity contribution in [2.75, 3.05) is 4.90 Å². The van der Waals surface area contributed by atoms with Gasteiger partial charge in [0.15, 0.2) is 0 Å². The van der Waals surface area contributed by atoms with E-state index in [9.17, 15) is 0 Å². The quantitative estimate of drug-likeness (QED) is 0.386. The Morgan fingerprint density at radius 2 is 1.41 bits per heavy atom. The molecule has 0 aliphatic heterocycles. The molecule has 2 heterocycles. The average Bonchev–Trinajstić information content (AvgIpc) is 2.75. The van der Waals surface area contributed by atoms with Crippen LogP contribution in [0.5, 0.6) is 0 Å². The van der Waals surface area contributed by atoms with Gasteiger partial charge in [-0.3, -0.25) is 9.97 Å². The Bertz CT molecular complexity index is 1140. The van der Waals surface area contributed by atoms with Crippen LogP contribution in [0, 0.1) is 0 Å². The summed E-state index contributed by atoms with van der Waals surface area (Å²) >= 11 is 0. The molecule has 0 amide bonds. The fourth-order valence-electron chi connectivity index (χ4n) is 3.57. The Kier molecular flexibility index (Phi) is 3.76. The number of fused-ring (bicyclic) bond motifs is 2. The highest BCUT2D eigenvalue weighted by Crippen LogP contribution is 2.41. The lowest BCUT2D eigenvalue weighted by Crippen LogP contribution is -2.11. The van der Waals surface area contributed by atoms with E-state index >= 15 is 0 Å². The summed E-state index contributed by atoms with van der Waals surface area (Å²) in [6, 6.07) is 29.2. The van der Waals surface area contributed by atoms with Crippen molar-refractivity contribution in [1.82, 2.24) is 9.97 Å². The molecule has 5 aromatic rings. The second-order valence-corrected chi connectivity index (χ2v) is 6.39. The minimum Gasteiger partial charge on any atom is -0.309 e. The van der Waals surface area contributed by atoms with Crippen molar-refractivity contribution < 1.29 is 0 Å². The van der Waals surface area contributed by atoms with Gasteiger partial charge in [-0.1, -0.05) is 36.4 Å². The van der Waals surface area contributed by atoms with Crippen molar-refractivity contribution in [2.45, 2.75) is 0 Å². The van der Waals surface area contributed by atoms with Crippen LogP contribution in [0.25, 0.3) is 21.7 Å². The molecule has 0 aliphatic carbocycles. The lowest BCUT2D eigenvalue weighted by molar-refractivity contribution is 1.30. The van der Waals surface area contributed by atoms with Crippen molar-refractivity contribution in [3.05, 3.63) is 104 Å². The molecule has 0 saturated heterocycles. The third kappa shape index (κ3) is 2.70. The molecule has 0 N–H and O–H groups in total. The van der Waals surface area contributed by atoms with Crippen molar-refractivity contribution in [1.29, 1.82) is 0 Å². The molecule has 0 saturated carbocycles. The normalized spacial score (nSPS) is 11.0. The number of benzene rings is 3. The van der Waals surface area contributed by atoms with Gasteiger partial charge in [-0.2, -0.15) is 0 Å². The van der Waals surface area contributed by atoms with E-state index in [0.717, 1.165) is 38.7 Å². The summed E-state index contributed by atoms with van der Waals surface area (Å²) in [6.07, 6.45) is 5.59. The molecular weight excluding hydrogens is 330 g/mol. The highest BCUT2D eigenvalue weighted by Gasteiger charge is 2.17. The highest BCUT2D eigenvalue weighted by atomic mass is 15.1. The van der Waals surface area contributed by atoms with E-state index in [0.29, 0.717) is 0 Å². The third-order valence-corrected chi connectivity index (χ3v) is 4.78. The highest BCUT2D eigenvalue weighted by molar-refractivity contribution is 6.03. The van der Waals surface area contributed by atoms with E-state index in [-0.39, 0.29) is 0 Å². The van der Waals surface area contributed by atoms with Gasteiger partial charge in [0.2, 0.25) is 0 Å². The monoisotopic (exact) mass is 347 g/mol. The van der Waals surface area contributed by atoms with Crippen LogP contribution in [-0.4, -0.2) is 9.97 Å². The van der Waals surface area contributed by atoms with Gasteiger partial charge in [0, 0.05) is 40.4 Å². The predicted molar refractivity (Wildman–Crippen MR) is 112 cm³/mol. The van der Waals surface area contributed by atoms with Crippen molar-refractivity contribution >= 4 is 38.7 Å². The number of hydrogen-bond acceptors (Lipinski definition) is 3. The molecule has 0 bridgehead atoms. The zero-order chi connectivity index (χ0) is 18.1. The molecule has 0 aliphatic rings. The summed E-state index contributed by atoms with van der Waals surface area (Å²) in [5.41, 5.74) is 4.32. The molecule has 3 heteroatoms. The fraction of sp³-hybridized carbons (Fsp3) is 0. The number of aromatic nitrogens is 2. The summed E-state index contributed by atoms with van der Waals surface area (Å²) in [5, 5.41) is 3.40.